The Hall–Kier alpha value is -1.83. The fourth-order valence-corrected chi connectivity index (χ4v) is 3.80. The van der Waals surface area contributed by atoms with Crippen LogP contribution in [-0.2, 0) is 22.9 Å². The molecule has 0 amide bonds. The van der Waals surface area contributed by atoms with Gasteiger partial charge in [-0.25, -0.2) is 17.9 Å². The molecule has 1 heterocycles. The van der Waals surface area contributed by atoms with Gasteiger partial charge in [-0.15, -0.1) is 0 Å². The van der Waals surface area contributed by atoms with Crippen LogP contribution in [-0.4, -0.2) is 26.0 Å². The molecule has 0 aliphatic carbocycles. The van der Waals surface area contributed by atoms with Crippen LogP contribution in [0.2, 0.25) is 5.02 Å². The van der Waals surface area contributed by atoms with Gasteiger partial charge in [0, 0.05) is 13.0 Å². The van der Waals surface area contributed by atoms with E-state index in [9.17, 15) is 18.3 Å². The molecule has 124 valence electrons. The predicted octanol–water partition coefficient (Wildman–Crippen LogP) is 2.71. The average molecular weight is 358 g/mol. The number of halogens is 1. The van der Waals surface area contributed by atoms with Gasteiger partial charge in [-0.05, 0) is 36.2 Å². The van der Waals surface area contributed by atoms with Crippen LogP contribution in [0.1, 0.15) is 28.6 Å². The number of aryl methyl sites for hydroxylation is 2. The van der Waals surface area contributed by atoms with E-state index in [-0.39, 0.29) is 22.0 Å². The van der Waals surface area contributed by atoms with Crippen LogP contribution in [0.4, 0.5) is 0 Å². The molecule has 1 aromatic heterocycles. The minimum absolute atomic E-state index is 0.00889. The van der Waals surface area contributed by atoms with E-state index in [0.29, 0.717) is 24.2 Å². The normalized spacial score (nSPS) is 11.6. The lowest BCUT2D eigenvalue weighted by Crippen LogP contribution is -2.24. The molecular formula is C15H16ClNO5S. The topological polar surface area (TPSA) is 96.6 Å². The van der Waals surface area contributed by atoms with Gasteiger partial charge < -0.3 is 9.52 Å². The summed E-state index contributed by atoms with van der Waals surface area (Å²) in [5.74, 6) is -0.495. The lowest BCUT2D eigenvalue weighted by molar-refractivity contribution is 0.0695. The number of carbonyl (C=O) groups is 1. The Labute approximate surface area is 139 Å². The molecule has 0 bridgehead atoms. The van der Waals surface area contributed by atoms with Crippen molar-refractivity contribution in [2.45, 2.75) is 24.7 Å². The number of nitrogens with one attached hydrogen (secondary N) is 1. The van der Waals surface area contributed by atoms with E-state index in [2.05, 4.69) is 4.72 Å². The Balaban J connectivity index is 2.40. The number of rotatable bonds is 7. The van der Waals surface area contributed by atoms with Crippen molar-refractivity contribution >= 4 is 27.6 Å². The van der Waals surface area contributed by atoms with Gasteiger partial charge in [0.25, 0.3) is 0 Å². The molecule has 1 aromatic carbocycles. The lowest BCUT2D eigenvalue weighted by atomic mass is 10.0. The Bertz CT molecular complexity index is 800. The monoisotopic (exact) mass is 357 g/mol. The maximum atomic E-state index is 12.1. The van der Waals surface area contributed by atoms with Crippen LogP contribution in [0.15, 0.2) is 39.8 Å². The molecule has 23 heavy (non-hydrogen) atoms. The third-order valence-corrected chi connectivity index (χ3v) is 5.24. The predicted molar refractivity (Wildman–Crippen MR) is 85.4 cm³/mol. The number of sulfonamides is 1. The average Bonchev–Trinajstić information content (AvgIpc) is 2.97. The fourth-order valence-electron chi connectivity index (χ4n) is 2.19. The Kier molecular flexibility index (Phi) is 5.46. The molecule has 2 N–H and O–H groups in total. The second-order valence-electron chi connectivity index (χ2n) is 4.83. The second-order valence-corrected chi connectivity index (χ2v) is 6.97. The molecular weight excluding hydrogens is 342 g/mol. The minimum atomic E-state index is -3.84. The summed E-state index contributed by atoms with van der Waals surface area (Å²) in [5, 5.41) is 9.34. The first-order valence-electron chi connectivity index (χ1n) is 6.93. The highest BCUT2D eigenvalue weighted by molar-refractivity contribution is 7.89. The zero-order valence-corrected chi connectivity index (χ0v) is 13.9. The van der Waals surface area contributed by atoms with Crippen LogP contribution < -0.4 is 4.72 Å². The van der Waals surface area contributed by atoms with Crippen molar-refractivity contribution in [3.05, 3.63) is 52.4 Å². The van der Waals surface area contributed by atoms with Crippen molar-refractivity contribution < 1.29 is 22.7 Å². The maximum absolute atomic E-state index is 12.1. The van der Waals surface area contributed by atoms with E-state index in [0.717, 1.165) is 6.07 Å². The summed E-state index contributed by atoms with van der Waals surface area (Å²) < 4.78 is 31.7. The van der Waals surface area contributed by atoms with Gasteiger partial charge in [-0.1, -0.05) is 18.5 Å². The Morgan fingerprint density at radius 2 is 2.09 bits per heavy atom. The number of carboxylic acid groups (broad SMARTS) is 1. The van der Waals surface area contributed by atoms with Gasteiger partial charge >= 0.3 is 5.97 Å². The highest BCUT2D eigenvalue weighted by atomic mass is 35.5. The molecule has 0 aliphatic heterocycles. The molecule has 0 atom stereocenters. The highest BCUT2D eigenvalue weighted by Gasteiger charge is 2.22. The van der Waals surface area contributed by atoms with Crippen molar-refractivity contribution in [3.8, 4) is 0 Å². The Morgan fingerprint density at radius 1 is 1.35 bits per heavy atom. The van der Waals surface area contributed by atoms with Crippen LogP contribution >= 0.6 is 11.6 Å². The molecule has 2 rings (SSSR count). The third-order valence-electron chi connectivity index (χ3n) is 3.23. The highest BCUT2D eigenvalue weighted by Crippen LogP contribution is 2.27. The van der Waals surface area contributed by atoms with Crippen molar-refractivity contribution in [1.29, 1.82) is 0 Å². The van der Waals surface area contributed by atoms with Crippen LogP contribution in [0.5, 0.6) is 0 Å². The van der Waals surface area contributed by atoms with Crippen LogP contribution in [0.25, 0.3) is 0 Å². The van der Waals surface area contributed by atoms with Crippen LogP contribution in [0.3, 0.4) is 0 Å². The zero-order valence-electron chi connectivity index (χ0n) is 12.4. The summed E-state index contributed by atoms with van der Waals surface area (Å²) in [7, 11) is -3.84. The molecule has 0 radical (unpaired) electrons. The second kappa shape index (κ2) is 7.16. The first kappa shape index (κ1) is 17.5. The summed E-state index contributed by atoms with van der Waals surface area (Å²) in [5.41, 5.74) is 0.367. The van der Waals surface area contributed by atoms with Crippen molar-refractivity contribution in [2.75, 3.05) is 6.54 Å². The zero-order chi connectivity index (χ0) is 17.0. The molecule has 2 aromatic rings. The summed E-state index contributed by atoms with van der Waals surface area (Å²) in [6, 6.07) is 6.01. The van der Waals surface area contributed by atoms with E-state index >= 15 is 0 Å². The number of aromatic carboxylic acids is 1. The van der Waals surface area contributed by atoms with Gasteiger partial charge in [0.05, 0.1) is 16.8 Å². The molecule has 6 nitrogen and oxygen atoms in total. The SMILES string of the molecule is CCNS(=O)(=O)c1cc(C(=O)O)c(CCc2ccco2)cc1Cl. The lowest BCUT2D eigenvalue weighted by Gasteiger charge is -2.11. The fraction of sp³-hybridized carbons (Fsp3) is 0.267. The molecule has 0 saturated heterocycles. The molecule has 8 heteroatoms. The third kappa shape index (κ3) is 4.13. The van der Waals surface area contributed by atoms with E-state index < -0.39 is 16.0 Å². The molecule has 0 unspecified atom stereocenters. The number of carboxylic acids is 1. The van der Waals surface area contributed by atoms with Gasteiger partial charge in [-0.3, -0.25) is 0 Å². The van der Waals surface area contributed by atoms with Crippen LogP contribution in [0, 0.1) is 0 Å². The molecule has 0 fully saturated rings. The van der Waals surface area contributed by atoms with Gasteiger partial charge in [0.1, 0.15) is 10.7 Å². The number of hydrogen-bond acceptors (Lipinski definition) is 4. The van der Waals surface area contributed by atoms with E-state index in [4.69, 9.17) is 16.0 Å². The first-order valence-corrected chi connectivity index (χ1v) is 8.79. The van der Waals surface area contributed by atoms with Gasteiger partial charge in [0.2, 0.25) is 10.0 Å². The quantitative estimate of drug-likeness (QED) is 0.794. The first-order chi connectivity index (χ1) is 10.8. The van der Waals surface area contributed by atoms with E-state index in [1.165, 1.54) is 12.3 Å². The molecule has 0 saturated carbocycles. The molecule has 0 spiro atoms. The van der Waals surface area contributed by atoms with Crippen molar-refractivity contribution in [2.24, 2.45) is 0 Å². The smallest absolute Gasteiger partial charge is 0.336 e. The summed E-state index contributed by atoms with van der Waals surface area (Å²) in [4.78, 5) is 11.2. The summed E-state index contributed by atoms with van der Waals surface area (Å²) >= 11 is 6.05. The van der Waals surface area contributed by atoms with E-state index in [1.54, 1.807) is 19.1 Å². The maximum Gasteiger partial charge on any atom is 0.336 e. The number of hydrogen-bond donors (Lipinski definition) is 2. The Morgan fingerprint density at radius 3 is 2.65 bits per heavy atom. The number of furan rings is 1. The largest absolute Gasteiger partial charge is 0.478 e. The van der Waals surface area contributed by atoms with Gasteiger partial charge in [-0.2, -0.15) is 0 Å². The van der Waals surface area contributed by atoms with Crippen molar-refractivity contribution in [1.82, 2.24) is 4.72 Å². The van der Waals surface area contributed by atoms with E-state index in [1.807, 2.05) is 0 Å². The summed E-state index contributed by atoms with van der Waals surface area (Å²) in [6.45, 7) is 1.81. The minimum Gasteiger partial charge on any atom is -0.478 e. The van der Waals surface area contributed by atoms with Gasteiger partial charge in [0.15, 0.2) is 0 Å². The summed E-state index contributed by atoms with van der Waals surface area (Å²) in [6.07, 6.45) is 2.39. The standard InChI is InChI=1S/C15H16ClNO5S/c1-2-17-23(20,21)14-9-12(15(18)19)10(8-13(14)16)5-6-11-4-3-7-22-11/h3-4,7-9,17H,2,5-6H2,1H3,(H,18,19). The molecule has 0 aliphatic rings. The van der Waals surface area contributed by atoms with Crippen molar-refractivity contribution in [3.63, 3.8) is 0 Å². The number of benzene rings is 1.